The minimum absolute atomic E-state index is 0. The standard InChI is InChI=1S/C9H7O.ClH.Pd/c10-8-4-7-9-5-2-1-3-6-9;;/h1-7H;1H;. The molecule has 1 rings (SSSR count). The minimum atomic E-state index is -0.0724. The van der Waals surface area contributed by atoms with E-state index in [4.69, 9.17) is 0 Å². The third-order valence-electron chi connectivity index (χ3n) is 1.20. The molecule has 0 aliphatic rings. The molecule has 1 aromatic rings. The number of rotatable bonds is 2. The SMILES string of the molecule is Cl.O=[C]([Pd])C=Cc1ccccc1. The maximum atomic E-state index is 10.5. The molecule has 0 spiro atoms. The van der Waals surface area contributed by atoms with Crippen LogP contribution in [0.2, 0.25) is 0 Å². The van der Waals surface area contributed by atoms with Crippen molar-refractivity contribution >= 4 is 22.7 Å². The van der Waals surface area contributed by atoms with Crippen LogP contribution in [-0.2, 0) is 24.0 Å². The van der Waals surface area contributed by atoms with Crippen molar-refractivity contribution in [2.75, 3.05) is 0 Å². The van der Waals surface area contributed by atoms with Gasteiger partial charge in [0.1, 0.15) is 0 Å². The van der Waals surface area contributed by atoms with Gasteiger partial charge in [-0.25, -0.2) is 0 Å². The summed E-state index contributed by atoms with van der Waals surface area (Å²) >= 11 is 2.55. The summed E-state index contributed by atoms with van der Waals surface area (Å²) in [6.45, 7) is 0. The molecule has 1 nitrogen and oxygen atoms in total. The normalized spacial score (nSPS) is 9.50. The maximum absolute atomic E-state index is 10.5. The molecule has 12 heavy (non-hydrogen) atoms. The summed E-state index contributed by atoms with van der Waals surface area (Å²) in [5.41, 5.74) is 1.03. The van der Waals surface area contributed by atoms with Gasteiger partial charge in [0.15, 0.2) is 0 Å². The van der Waals surface area contributed by atoms with Crippen molar-refractivity contribution in [3.63, 3.8) is 0 Å². The van der Waals surface area contributed by atoms with Gasteiger partial charge in [0.2, 0.25) is 0 Å². The molecular weight excluding hydrogens is 266 g/mol. The van der Waals surface area contributed by atoms with E-state index in [1.165, 1.54) is 6.08 Å². The van der Waals surface area contributed by atoms with E-state index in [2.05, 4.69) is 19.2 Å². The summed E-state index contributed by atoms with van der Waals surface area (Å²) in [6.07, 6.45) is 3.27. The second-order valence-electron chi connectivity index (χ2n) is 2.02. The predicted molar refractivity (Wildman–Crippen MR) is 47.7 cm³/mol. The molecule has 0 amide bonds. The van der Waals surface area contributed by atoms with Gasteiger partial charge in [-0.1, -0.05) is 0 Å². The van der Waals surface area contributed by atoms with Crippen molar-refractivity contribution < 1.29 is 24.0 Å². The first-order chi connectivity index (χ1) is 5.29. The molecule has 0 fully saturated rings. The van der Waals surface area contributed by atoms with E-state index in [1.807, 2.05) is 30.3 Å². The number of hydrogen-bond acceptors (Lipinski definition) is 1. The Morgan fingerprint density at radius 3 is 2.33 bits per heavy atom. The van der Waals surface area contributed by atoms with Crippen LogP contribution in [0.15, 0.2) is 36.4 Å². The molecule has 0 saturated carbocycles. The van der Waals surface area contributed by atoms with E-state index >= 15 is 0 Å². The number of benzene rings is 1. The first kappa shape index (κ1) is 11.6. The molecule has 0 atom stereocenters. The summed E-state index contributed by atoms with van der Waals surface area (Å²) in [5.74, 6) is 0. The third kappa shape index (κ3) is 4.46. The van der Waals surface area contributed by atoms with Crippen LogP contribution in [0.3, 0.4) is 0 Å². The Kier molecular flexibility index (Phi) is 5.92. The van der Waals surface area contributed by atoms with E-state index < -0.39 is 0 Å². The fourth-order valence-electron chi connectivity index (χ4n) is 0.721. The zero-order chi connectivity index (χ0) is 8.10. The number of allylic oxidation sites excluding steroid dienone is 1. The molecule has 0 unspecified atom stereocenters. The van der Waals surface area contributed by atoms with E-state index in [0.29, 0.717) is 0 Å². The van der Waals surface area contributed by atoms with E-state index in [-0.39, 0.29) is 16.7 Å². The summed E-state index contributed by atoms with van der Waals surface area (Å²) in [4.78, 5) is 10.5. The topological polar surface area (TPSA) is 17.1 Å². The molecular formula is C9H8ClOPd. The Morgan fingerprint density at radius 1 is 1.25 bits per heavy atom. The first-order valence-electron chi connectivity index (χ1n) is 3.18. The number of hydrogen-bond donors (Lipinski definition) is 0. The van der Waals surface area contributed by atoms with Crippen LogP contribution in [0.25, 0.3) is 6.08 Å². The van der Waals surface area contributed by atoms with Gasteiger partial charge in [-0.05, 0) is 0 Å². The Balaban J connectivity index is 0.00000121. The van der Waals surface area contributed by atoms with Gasteiger partial charge in [0, 0.05) is 0 Å². The van der Waals surface area contributed by atoms with Crippen LogP contribution in [0.5, 0.6) is 0 Å². The molecule has 0 saturated heterocycles. The number of carbonyl (C=O) groups is 1. The first-order valence-corrected chi connectivity index (χ1v) is 3.96. The fraction of sp³-hybridized carbons (Fsp3) is 0. The molecule has 0 N–H and O–H groups in total. The van der Waals surface area contributed by atoms with Crippen LogP contribution in [0.4, 0.5) is 0 Å². The van der Waals surface area contributed by atoms with Crippen LogP contribution < -0.4 is 0 Å². The molecule has 0 aliphatic carbocycles. The van der Waals surface area contributed by atoms with E-state index in [9.17, 15) is 4.79 Å². The van der Waals surface area contributed by atoms with Crippen LogP contribution >= 0.6 is 12.4 Å². The molecule has 0 aromatic heterocycles. The number of halogens is 1. The van der Waals surface area contributed by atoms with E-state index in [1.54, 1.807) is 6.08 Å². The van der Waals surface area contributed by atoms with Crippen molar-refractivity contribution in [1.29, 1.82) is 0 Å². The van der Waals surface area contributed by atoms with Crippen molar-refractivity contribution in [1.82, 2.24) is 0 Å². The zero-order valence-corrected chi connectivity index (χ0v) is 8.55. The Labute approximate surface area is 88.7 Å². The van der Waals surface area contributed by atoms with Crippen molar-refractivity contribution in [2.45, 2.75) is 0 Å². The monoisotopic (exact) mass is 273 g/mol. The van der Waals surface area contributed by atoms with Crippen LogP contribution in [-0.4, -0.2) is 4.26 Å². The average molecular weight is 274 g/mol. The third-order valence-corrected chi connectivity index (χ3v) is 1.46. The molecule has 1 aromatic carbocycles. The van der Waals surface area contributed by atoms with Gasteiger partial charge in [0.05, 0.1) is 0 Å². The average Bonchev–Trinajstić information content (AvgIpc) is 2.03. The summed E-state index contributed by atoms with van der Waals surface area (Å²) in [6, 6.07) is 9.69. The van der Waals surface area contributed by atoms with Gasteiger partial charge in [0.25, 0.3) is 0 Å². The van der Waals surface area contributed by atoms with Crippen molar-refractivity contribution in [2.24, 2.45) is 0 Å². The summed E-state index contributed by atoms with van der Waals surface area (Å²) < 4.78 is -0.0724. The van der Waals surface area contributed by atoms with Crippen LogP contribution in [0.1, 0.15) is 5.56 Å². The second kappa shape index (κ2) is 6.14. The Bertz CT molecular complexity index is 269. The Hall–Kier alpha value is -0.418. The second-order valence-corrected chi connectivity index (χ2v) is 2.78. The predicted octanol–water partition coefficient (Wildman–Crippen LogP) is 2.19. The van der Waals surface area contributed by atoms with Gasteiger partial charge in [-0.3, -0.25) is 0 Å². The molecule has 67 valence electrons. The summed E-state index contributed by atoms with van der Waals surface area (Å²) in [5, 5.41) is 0. The van der Waals surface area contributed by atoms with Crippen molar-refractivity contribution in [3.8, 4) is 0 Å². The zero-order valence-electron chi connectivity index (χ0n) is 6.17. The van der Waals surface area contributed by atoms with Crippen molar-refractivity contribution in [3.05, 3.63) is 42.0 Å². The molecule has 3 heteroatoms. The van der Waals surface area contributed by atoms with Gasteiger partial charge in [-0.2, -0.15) is 0 Å². The van der Waals surface area contributed by atoms with Gasteiger partial charge < -0.3 is 0 Å². The molecule has 0 heterocycles. The molecule has 0 radical (unpaired) electrons. The van der Waals surface area contributed by atoms with E-state index in [0.717, 1.165) is 5.56 Å². The quantitative estimate of drug-likeness (QED) is 0.597. The van der Waals surface area contributed by atoms with Gasteiger partial charge in [-0.15, -0.1) is 12.4 Å². The number of carbonyl (C=O) groups excluding carboxylic acids is 1. The van der Waals surface area contributed by atoms with Crippen LogP contribution in [0, 0.1) is 0 Å². The van der Waals surface area contributed by atoms with Gasteiger partial charge >= 0.3 is 76.3 Å². The molecule has 0 bridgehead atoms. The fourth-order valence-corrected chi connectivity index (χ4v) is 0.850. The summed E-state index contributed by atoms with van der Waals surface area (Å²) in [7, 11) is 0. The molecule has 0 aliphatic heterocycles. The Morgan fingerprint density at radius 2 is 1.83 bits per heavy atom.